The number of imidazole rings is 1. The van der Waals surface area contributed by atoms with Gasteiger partial charge in [0.1, 0.15) is 12.1 Å². The largest absolute Gasteiger partial charge is 0.302 e. The molecule has 1 aliphatic heterocycles. The molecule has 1 atom stereocenters. The lowest BCUT2D eigenvalue weighted by Gasteiger charge is -2.15. The molecule has 1 aliphatic rings. The molecule has 166 valence electrons. The van der Waals surface area contributed by atoms with Crippen molar-refractivity contribution in [1.29, 1.82) is 0 Å². The first-order valence-electron chi connectivity index (χ1n) is 11.4. The lowest BCUT2D eigenvalue weighted by molar-refractivity contribution is 0.612. The fourth-order valence-corrected chi connectivity index (χ4v) is 4.59. The topological polar surface area (TPSA) is 60.0 Å². The Bertz CT molecular complexity index is 1430. The predicted octanol–water partition coefficient (Wildman–Crippen LogP) is 5.47. The number of para-hydroxylation sites is 1. The van der Waals surface area contributed by atoms with Crippen LogP contribution in [0, 0.1) is 6.92 Å². The highest BCUT2D eigenvalue weighted by atomic mass is 15.4. The molecule has 0 spiro atoms. The van der Waals surface area contributed by atoms with Crippen LogP contribution in [0.25, 0.3) is 22.6 Å². The fourth-order valence-electron chi connectivity index (χ4n) is 4.59. The van der Waals surface area contributed by atoms with Gasteiger partial charge in [0, 0.05) is 24.4 Å². The molecule has 0 saturated heterocycles. The Kier molecular flexibility index (Phi) is 5.03. The number of hydrogen-bond acceptors (Lipinski definition) is 4. The summed E-state index contributed by atoms with van der Waals surface area (Å²) in [5, 5.41) is 9.62. The van der Waals surface area contributed by atoms with Crippen molar-refractivity contribution in [3.8, 4) is 22.6 Å². The van der Waals surface area contributed by atoms with Gasteiger partial charge in [-0.25, -0.2) is 9.67 Å². The average molecular weight is 445 g/mol. The number of nitrogens with zero attached hydrogens (tertiary/aromatic N) is 5. The Morgan fingerprint density at radius 3 is 2.21 bits per heavy atom. The Hall–Kier alpha value is -4.45. The maximum absolute atomic E-state index is 4.90. The zero-order valence-electron chi connectivity index (χ0n) is 18.8. The number of rotatable bonds is 5. The minimum absolute atomic E-state index is 0.0265. The molecule has 0 radical (unpaired) electrons. The molecule has 0 aliphatic carbocycles. The van der Waals surface area contributed by atoms with Crippen molar-refractivity contribution in [3.05, 3.63) is 120 Å². The zero-order valence-corrected chi connectivity index (χ0v) is 18.8. The number of benzene rings is 3. The minimum atomic E-state index is 0.0265. The maximum atomic E-state index is 4.90. The van der Waals surface area contributed by atoms with Crippen LogP contribution in [0.4, 0.5) is 0 Å². The molecule has 0 saturated carbocycles. The predicted molar refractivity (Wildman–Crippen MR) is 134 cm³/mol. The molecular formula is C28H24N6. The van der Waals surface area contributed by atoms with Crippen LogP contribution < -0.4 is 5.43 Å². The first-order valence-corrected chi connectivity index (χ1v) is 11.4. The molecule has 3 heterocycles. The quantitative estimate of drug-likeness (QED) is 0.391. The van der Waals surface area contributed by atoms with Crippen molar-refractivity contribution in [1.82, 2.24) is 24.8 Å². The lowest BCUT2D eigenvalue weighted by Crippen LogP contribution is -2.14. The number of aryl methyl sites for hydroxylation is 1. The Labute approximate surface area is 198 Å². The molecule has 2 aromatic heterocycles. The molecule has 6 nitrogen and oxygen atoms in total. The summed E-state index contributed by atoms with van der Waals surface area (Å²) in [4.78, 5) is 4.28. The third kappa shape index (κ3) is 3.59. The van der Waals surface area contributed by atoms with Crippen LogP contribution in [0.2, 0.25) is 0 Å². The van der Waals surface area contributed by atoms with E-state index in [-0.39, 0.29) is 6.04 Å². The highest BCUT2D eigenvalue weighted by molar-refractivity contribution is 6.02. The fraction of sp³-hybridized carbons (Fsp3) is 0.107. The van der Waals surface area contributed by atoms with Gasteiger partial charge in [-0.3, -0.25) is 4.57 Å². The van der Waals surface area contributed by atoms with Crippen molar-refractivity contribution in [2.75, 3.05) is 0 Å². The molecule has 0 bridgehead atoms. The summed E-state index contributed by atoms with van der Waals surface area (Å²) in [6, 6.07) is 29.3. The molecule has 3 aromatic carbocycles. The van der Waals surface area contributed by atoms with Crippen LogP contribution in [0.3, 0.4) is 0 Å². The minimum Gasteiger partial charge on any atom is -0.302 e. The number of hydrogen-bond donors (Lipinski definition) is 1. The van der Waals surface area contributed by atoms with Crippen molar-refractivity contribution < 1.29 is 0 Å². The summed E-state index contributed by atoms with van der Waals surface area (Å²) < 4.78 is 4.01. The summed E-state index contributed by atoms with van der Waals surface area (Å²) >= 11 is 0. The lowest BCUT2D eigenvalue weighted by atomic mass is 9.97. The van der Waals surface area contributed by atoms with Gasteiger partial charge in [-0.1, -0.05) is 72.8 Å². The van der Waals surface area contributed by atoms with Gasteiger partial charge in [-0.2, -0.15) is 10.2 Å². The molecule has 1 unspecified atom stereocenters. The summed E-state index contributed by atoms with van der Waals surface area (Å²) in [7, 11) is 0. The summed E-state index contributed by atoms with van der Waals surface area (Å²) in [6.07, 6.45) is 6.35. The average Bonchev–Trinajstić information content (AvgIpc) is 3.65. The van der Waals surface area contributed by atoms with Crippen LogP contribution in [0.5, 0.6) is 0 Å². The second-order valence-electron chi connectivity index (χ2n) is 8.43. The molecular weight excluding hydrogens is 420 g/mol. The van der Waals surface area contributed by atoms with Gasteiger partial charge in [-0.05, 0) is 35.7 Å². The number of aromatic nitrogens is 4. The smallest absolute Gasteiger partial charge is 0.147 e. The van der Waals surface area contributed by atoms with Crippen LogP contribution in [0.1, 0.15) is 29.3 Å². The van der Waals surface area contributed by atoms with Gasteiger partial charge in [0.05, 0.1) is 23.1 Å². The number of hydrazone groups is 1. The van der Waals surface area contributed by atoms with Gasteiger partial charge in [0.2, 0.25) is 0 Å². The van der Waals surface area contributed by atoms with Crippen molar-refractivity contribution in [3.63, 3.8) is 0 Å². The van der Waals surface area contributed by atoms with E-state index in [9.17, 15) is 0 Å². The van der Waals surface area contributed by atoms with E-state index in [0.29, 0.717) is 0 Å². The second-order valence-corrected chi connectivity index (χ2v) is 8.43. The number of nitrogens with one attached hydrogen (secondary N) is 1. The Morgan fingerprint density at radius 2 is 1.50 bits per heavy atom. The molecule has 0 amide bonds. The second kappa shape index (κ2) is 8.48. The third-order valence-electron chi connectivity index (χ3n) is 6.26. The van der Waals surface area contributed by atoms with Crippen LogP contribution in [0.15, 0.2) is 109 Å². The van der Waals surface area contributed by atoms with Gasteiger partial charge in [0.25, 0.3) is 0 Å². The summed E-state index contributed by atoms with van der Waals surface area (Å²) in [5.74, 6) is 0.981. The van der Waals surface area contributed by atoms with Crippen LogP contribution in [-0.4, -0.2) is 25.0 Å². The normalized spacial score (nSPS) is 15.2. The Morgan fingerprint density at radius 1 is 0.824 bits per heavy atom. The van der Waals surface area contributed by atoms with E-state index >= 15 is 0 Å². The van der Waals surface area contributed by atoms with Crippen molar-refractivity contribution >= 4 is 5.71 Å². The SMILES string of the molecule is Cc1nn(-c2ccccc2)c(-n2ccnc2)c1C1CC(c2ccc(-c3ccccc3)cc2)=NN1. The van der Waals surface area contributed by atoms with Gasteiger partial charge in [-0.15, -0.1) is 0 Å². The van der Waals surface area contributed by atoms with Crippen LogP contribution >= 0.6 is 0 Å². The van der Waals surface area contributed by atoms with E-state index in [0.717, 1.165) is 40.5 Å². The maximum Gasteiger partial charge on any atom is 0.147 e. The highest BCUT2D eigenvalue weighted by Crippen LogP contribution is 2.33. The van der Waals surface area contributed by atoms with Gasteiger partial charge in [0.15, 0.2) is 0 Å². The molecule has 34 heavy (non-hydrogen) atoms. The monoisotopic (exact) mass is 444 g/mol. The van der Waals surface area contributed by atoms with E-state index in [1.165, 1.54) is 11.1 Å². The summed E-state index contributed by atoms with van der Waals surface area (Å²) in [5.41, 5.74) is 11.1. The van der Waals surface area contributed by atoms with Gasteiger partial charge >= 0.3 is 0 Å². The van der Waals surface area contributed by atoms with Crippen LogP contribution in [-0.2, 0) is 0 Å². The zero-order chi connectivity index (χ0) is 22.9. The summed E-state index contributed by atoms with van der Waals surface area (Å²) in [6.45, 7) is 2.06. The first-order chi connectivity index (χ1) is 16.8. The molecule has 6 heteroatoms. The van der Waals surface area contributed by atoms with E-state index in [1.54, 1.807) is 6.20 Å². The van der Waals surface area contributed by atoms with E-state index in [4.69, 9.17) is 10.2 Å². The van der Waals surface area contributed by atoms with Crippen molar-refractivity contribution in [2.45, 2.75) is 19.4 Å². The molecule has 0 fully saturated rings. The molecule has 6 rings (SSSR count). The standard InChI is InChI=1S/C28H24N6/c1-20-27(28(33-17-16-29-19-33)34(32-20)24-10-6-3-7-11-24)26-18-25(30-31-26)23-14-12-22(13-15-23)21-8-4-2-5-9-21/h2-17,19,26,31H,18H2,1H3. The van der Waals surface area contributed by atoms with Gasteiger partial charge < -0.3 is 5.43 Å². The molecule has 5 aromatic rings. The first kappa shape index (κ1) is 20.2. The molecule has 1 N–H and O–H groups in total. The van der Waals surface area contributed by atoms with E-state index in [1.807, 2.05) is 46.0 Å². The van der Waals surface area contributed by atoms with E-state index < -0.39 is 0 Å². The van der Waals surface area contributed by atoms with E-state index in [2.05, 4.69) is 78.0 Å². The Balaban J connectivity index is 1.32. The highest BCUT2D eigenvalue weighted by Gasteiger charge is 2.29. The third-order valence-corrected chi connectivity index (χ3v) is 6.26. The van der Waals surface area contributed by atoms with Crippen molar-refractivity contribution in [2.24, 2.45) is 5.10 Å².